The number of esters is 1. The molecule has 2 heterocycles. The number of hydrogen-bond donors (Lipinski definition) is 8. The van der Waals surface area contributed by atoms with Crippen molar-refractivity contribution in [3.63, 3.8) is 0 Å². The molecule has 9 rings (SSSR count). The Bertz CT molecular complexity index is 4270. The van der Waals surface area contributed by atoms with Gasteiger partial charge in [0.05, 0.1) is 48.1 Å². The van der Waals surface area contributed by atoms with Gasteiger partial charge in [0.1, 0.15) is 29.0 Å². The lowest BCUT2D eigenvalue weighted by molar-refractivity contribution is 0.0467. The van der Waals surface area contributed by atoms with E-state index >= 15 is 0 Å². The summed E-state index contributed by atoms with van der Waals surface area (Å²) in [5, 5.41) is 29.6. The zero-order valence-electron chi connectivity index (χ0n) is 68.3. The van der Waals surface area contributed by atoms with Crippen molar-refractivity contribution in [1.29, 1.82) is 0 Å². The Kier molecular flexibility index (Phi) is 39.7. The number of fused-ring (bicyclic) bond motifs is 1. The summed E-state index contributed by atoms with van der Waals surface area (Å²) in [5.41, 5.74) is 14.6. The monoisotopic (exact) mass is 1600 g/mol. The number of aliphatic hydroxyl groups excluding tert-OH is 2. The fourth-order valence-electron chi connectivity index (χ4n) is 11.1. The van der Waals surface area contributed by atoms with Crippen LogP contribution in [0.4, 0.5) is 19.2 Å². The van der Waals surface area contributed by atoms with E-state index in [2.05, 4.69) is 21.3 Å². The number of amides is 6. The van der Waals surface area contributed by atoms with Crippen molar-refractivity contribution < 1.29 is 77.0 Å². The third-order valence-corrected chi connectivity index (χ3v) is 16.2. The van der Waals surface area contributed by atoms with E-state index in [4.69, 9.17) is 39.9 Å². The van der Waals surface area contributed by atoms with Crippen molar-refractivity contribution in [1.82, 2.24) is 30.7 Å². The molecule has 5 atom stereocenters. The first-order valence-corrected chi connectivity index (χ1v) is 37.7. The van der Waals surface area contributed by atoms with E-state index in [1.54, 1.807) is 86.6 Å². The molecule has 1 aliphatic rings. The van der Waals surface area contributed by atoms with Crippen LogP contribution in [0.3, 0.4) is 0 Å². The second-order valence-corrected chi connectivity index (χ2v) is 30.9. The van der Waals surface area contributed by atoms with Crippen molar-refractivity contribution in [2.24, 2.45) is 11.5 Å². The summed E-state index contributed by atoms with van der Waals surface area (Å²) in [5.74, 6) is -2.29. The number of imide groups is 1. The Hall–Kier alpha value is -11.2. The van der Waals surface area contributed by atoms with Crippen LogP contribution >= 0.6 is 12.4 Å². The van der Waals surface area contributed by atoms with Gasteiger partial charge in [0, 0.05) is 51.4 Å². The van der Waals surface area contributed by atoms with Gasteiger partial charge in [-0.1, -0.05) is 194 Å². The molecule has 25 nitrogen and oxygen atoms in total. The van der Waals surface area contributed by atoms with Crippen molar-refractivity contribution in [3.8, 4) is 5.75 Å². The van der Waals surface area contributed by atoms with E-state index in [-0.39, 0.29) is 73.5 Å². The number of halogens is 1. The minimum absolute atomic E-state index is 0. The highest BCUT2D eigenvalue weighted by Crippen LogP contribution is 2.28. The summed E-state index contributed by atoms with van der Waals surface area (Å²) in [6.07, 6.45) is 0.830. The van der Waals surface area contributed by atoms with Gasteiger partial charge >= 0.3 is 30.3 Å². The Labute approximate surface area is 681 Å². The SMILES string of the molecule is CC(C)(C)OC(=O)NCC(Cc1ccccc1)N1C(=O)c2ccccc2C1=O.CC(C)(C)OC(=O)NCC(N)Cc1ccccc1.CC(C)(C)OC(=O)NCC(O)Cc1ccccc1.COC(=O)c1c(OCc2ccccc2)c(=O)c(C(C)=O)cn1C(CNC(=O)OC(C)(C)C)Cc1ccccc1.Cl.NCC(O)Cc1ccccc1. The molecule has 8 aromatic rings. The molecule has 0 saturated heterocycles. The minimum atomic E-state index is -0.819. The van der Waals surface area contributed by atoms with Crippen LogP contribution in [0.1, 0.15) is 171 Å². The van der Waals surface area contributed by atoms with E-state index in [9.17, 15) is 53.4 Å². The molecular weight excluding hydrogens is 1490 g/mol. The number of nitrogens with two attached hydrogens (primary N) is 2. The molecule has 0 aliphatic carbocycles. The fraction of sp³-hybridized carbons (Fsp3) is 0.382. The number of nitrogens with zero attached hydrogens (tertiary/aromatic N) is 2. The summed E-state index contributed by atoms with van der Waals surface area (Å²) in [7, 11) is 1.20. The van der Waals surface area contributed by atoms with Crippen LogP contribution in [0.25, 0.3) is 0 Å². The average molecular weight is 1600 g/mol. The Morgan fingerprint density at radius 3 is 1.10 bits per heavy atom. The van der Waals surface area contributed by atoms with Gasteiger partial charge in [-0.15, -0.1) is 12.4 Å². The first kappa shape index (κ1) is 96.2. The quantitative estimate of drug-likeness (QED) is 0.0108. The van der Waals surface area contributed by atoms with Crippen molar-refractivity contribution >= 4 is 60.3 Å². The lowest BCUT2D eigenvalue weighted by Crippen LogP contribution is -2.48. The smallest absolute Gasteiger partial charge is 0.407 e. The summed E-state index contributed by atoms with van der Waals surface area (Å²) >= 11 is 0. The van der Waals surface area contributed by atoms with Gasteiger partial charge < -0.3 is 75.9 Å². The molecule has 10 N–H and O–H groups in total. The number of hydrogen-bond acceptors (Lipinski definition) is 19. The minimum Gasteiger partial charge on any atom is -0.482 e. The molecule has 1 aliphatic heterocycles. The molecule has 0 spiro atoms. The summed E-state index contributed by atoms with van der Waals surface area (Å²) in [4.78, 5) is 113. The first-order chi connectivity index (χ1) is 53.8. The molecule has 0 fully saturated rings. The normalized spacial score (nSPS) is 12.8. The number of alkyl carbamates (subject to hydrolysis) is 4. The van der Waals surface area contributed by atoms with Crippen LogP contribution in [0.15, 0.2) is 217 Å². The van der Waals surface area contributed by atoms with Gasteiger partial charge in [-0.2, -0.15) is 0 Å². The Balaban J connectivity index is 0.000000321. The van der Waals surface area contributed by atoms with Gasteiger partial charge in [0.2, 0.25) is 5.43 Å². The molecule has 5 unspecified atom stereocenters. The molecule has 0 saturated carbocycles. The second kappa shape index (κ2) is 47.5. The number of benzene rings is 7. The molecule has 620 valence electrons. The summed E-state index contributed by atoms with van der Waals surface area (Å²) < 4.78 is 33.3. The average Bonchev–Trinajstić information content (AvgIpc) is 1.70. The highest BCUT2D eigenvalue weighted by Gasteiger charge is 2.40. The molecule has 115 heavy (non-hydrogen) atoms. The number of aromatic nitrogens is 1. The third-order valence-electron chi connectivity index (χ3n) is 16.2. The van der Waals surface area contributed by atoms with Crippen molar-refractivity contribution in [2.45, 2.75) is 181 Å². The van der Waals surface area contributed by atoms with Gasteiger partial charge in [0.25, 0.3) is 11.8 Å². The number of rotatable bonds is 26. The van der Waals surface area contributed by atoms with E-state index in [0.717, 1.165) is 39.8 Å². The molecule has 7 aromatic carbocycles. The molecule has 0 bridgehead atoms. The molecule has 6 amide bonds. The van der Waals surface area contributed by atoms with E-state index in [1.807, 2.05) is 203 Å². The molecule has 26 heteroatoms. The Morgan fingerprint density at radius 2 is 0.739 bits per heavy atom. The van der Waals surface area contributed by atoms with Crippen molar-refractivity contribution in [2.75, 3.05) is 39.8 Å². The fourth-order valence-corrected chi connectivity index (χ4v) is 11.1. The zero-order valence-corrected chi connectivity index (χ0v) is 69.2. The lowest BCUT2D eigenvalue weighted by Gasteiger charge is -2.27. The van der Waals surface area contributed by atoms with Crippen LogP contribution in [0.2, 0.25) is 0 Å². The molecule has 0 radical (unpaired) electrons. The number of aliphatic hydroxyl groups is 2. The maximum Gasteiger partial charge on any atom is 0.407 e. The summed E-state index contributed by atoms with van der Waals surface area (Å²) in [6, 6.07) is 63.1. The zero-order chi connectivity index (χ0) is 84.2. The number of carbonyl (C=O) groups is 8. The lowest BCUT2D eigenvalue weighted by atomic mass is 10.0. The third kappa shape index (κ3) is 36.6. The van der Waals surface area contributed by atoms with Crippen LogP contribution in [0, 0.1) is 0 Å². The van der Waals surface area contributed by atoms with Gasteiger partial charge in [0.15, 0.2) is 17.2 Å². The maximum absolute atomic E-state index is 13.4. The number of ketones is 1. The van der Waals surface area contributed by atoms with E-state index in [0.29, 0.717) is 49.9 Å². The largest absolute Gasteiger partial charge is 0.482 e. The topological polar surface area (TPSA) is 358 Å². The van der Waals surface area contributed by atoms with Gasteiger partial charge in [-0.05, 0) is 161 Å². The number of nitrogens with one attached hydrogen (secondary N) is 4. The highest BCUT2D eigenvalue weighted by atomic mass is 35.5. The Morgan fingerprint density at radius 1 is 0.426 bits per heavy atom. The van der Waals surface area contributed by atoms with Crippen molar-refractivity contribution in [3.05, 3.63) is 278 Å². The van der Waals surface area contributed by atoms with E-state index < -0.39 is 88.3 Å². The molecular formula is C89H115ClN8O17. The molecule has 1 aromatic heterocycles. The number of Topliss-reactive ketones (excluding diaryl/α,β-unsaturated/α-hetero) is 1. The van der Waals surface area contributed by atoms with Crippen LogP contribution < -0.4 is 42.9 Å². The standard InChI is InChI=1S/C30H34N2O7.C22H24N2O4.C14H22N2O2.C14H21NO3.C9H13NO.ClH/c1-20(33)24-18-32(23(16-21-12-8-6-9-13-21)17-31-29(36)39-30(2,3)4)25(28(35)37-5)27(26(24)34)38-19-22-14-10-7-11-15-22;1-22(2,3)28-21(27)23-14-16(13-15-9-5-4-6-10-15)24-19(25)17-11-7-8-12-18(17)20(24)26;1-14(2,3)18-13(17)16-10-12(15)9-11-7-5-4-6-8-11;1-14(2,3)18-13(17)15-10-12(16)9-11-7-5-4-6-8-11;10-7-9(11)6-8-4-2-1-3-5-8;/h6-15,18,23H,16-17,19H2,1-5H3,(H,31,36);4-12,16H,13-14H2,1-3H3,(H,23,27);4-8,12H,9-10,15H2,1-3H3,(H,16,17);4-8,12,16H,9-10H2,1-3H3,(H,15,17);1-5,9,11H,6-7,10H2;1H. The summed E-state index contributed by atoms with van der Waals surface area (Å²) in [6.45, 7) is 23.8. The van der Waals surface area contributed by atoms with Gasteiger partial charge in [-0.3, -0.25) is 24.1 Å². The number of methoxy groups -OCH3 is 1. The predicted molar refractivity (Wildman–Crippen MR) is 447 cm³/mol. The number of carbonyl (C=O) groups excluding carboxylic acids is 8. The number of ether oxygens (including phenoxy) is 6. The van der Waals surface area contributed by atoms with Crippen LogP contribution in [0.5, 0.6) is 5.75 Å². The predicted octanol–water partition coefficient (Wildman–Crippen LogP) is 13.3. The van der Waals surface area contributed by atoms with Crippen LogP contribution in [-0.2, 0) is 62.4 Å². The van der Waals surface area contributed by atoms with Crippen LogP contribution in [-0.4, -0.2) is 154 Å². The first-order valence-electron chi connectivity index (χ1n) is 37.7. The highest BCUT2D eigenvalue weighted by molar-refractivity contribution is 6.21. The maximum atomic E-state index is 13.4. The van der Waals surface area contributed by atoms with Gasteiger partial charge in [-0.25, -0.2) is 24.0 Å². The van der Waals surface area contributed by atoms with E-state index in [1.165, 1.54) is 29.7 Å². The number of pyridine rings is 1. The second-order valence-electron chi connectivity index (χ2n) is 30.9.